The second kappa shape index (κ2) is 12.2. The maximum atomic E-state index is 14.0. The summed E-state index contributed by atoms with van der Waals surface area (Å²) in [5.74, 6) is 0.729. The molecule has 0 bridgehead atoms. The lowest BCUT2D eigenvalue weighted by Gasteiger charge is -2.23. The van der Waals surface area contributed by atoms with Crippen LogP contribution in [-0.2, 0) is 12.7 Å². The number of carbonyl (C=O) groups is 1. The van der Waals surface area contributed by atoms with Crippen molar-refractivity contribution in [3.05, 3.63) is 89.5 Å². The van der Waals surface area contributed by atoms with Crippen LogP contribution < -0.4 is 15.4 Å². The zero-order valence-corrected chi connectivity index (χ0v) is 23.0. The maximum Gasteiger partial charge on any atom is 0.416 e. The van der Waals surface area contributed by atoms with Crippen LogP contribution in [0.25, 0.3) is 10.9 Å². The Morgan fingerprint density at radius 2 is 1.78 bits per heavy atom. The first-order chi connectivity index (χ1) is 19.7. The topological polar surface area (TPSA) is 69.7 Å². The molecule has 2 N–H and O–H groups in total. The summed E-state index contributed by atoms with van der Waals surface area (Å²) in [6.45, 7) is 3.35. The Morgan fingerprint density at radius 1 is 0.951 bits per heavy atom. The summed E-state index contributed by atoms with van der Waals surface area (Å²) >= 11 is 0. The van der Waals surface area contributed by atoms with Gasteiger partial charge in [-0.25, -0.2) is 4.98 Å². The standard InChI is InChI=1S/C31H32F3N5O2/c1-38-13-4-14-39(16-15-38)20-23-8-7-22(18-27(23)31(32,33)34)30(40)36-25-6-3-5-24(19-25)35-29-12-9-21-17-26(41-2)10-11-28(21)37-29/h3,5-12,17-19H,4,13-16,20H2,1-2H3,(H,35,37)(H,36,40). The third-order valence-electron chi connectivity index (χ3n) is 7.17. The monoisotopic (exact) mass is 563 g/mol. The molecular formula is C31H32F3N5O2. The number of aromatic nitrogens is 1. The van der Waals surface area contributed by atoms with Crippen LogP contribution in [0, 0.1) is 0 Å². The number of ether oxygens (including phenoxy) is 1. The highest BCUT2D eigenvalue weighted by Crippen LogP contribution is 2.34. The Hall–Kier alpha value is -4.15. The quantitative estimate of drug-likeness (QED) is 0.271. The van der Waals surface area contributed by atoms with Crippen LogP contribution in [-0.4, -0.2) is 61.0 Å². The first-order valence-electron chi connectivity index (χ1n) is 13.4. The van der Waals surface area contributed by atoms with Crippen molar-refractivity contribution in [2.45, 2.75) is 19.1 Å². The van der Waals surface area contributed by atoms with Gasteiger partial charge < -0.3 is 20.3 Å². The first kappa shape index (κ1) is 28.4. The minimum atomic E-state index is -4.57. The second-order valence-corrected chi connectivity index (χ2v) is 10.2. The lowest BCUT2D eigenvalue weighted by molar-refractivity contribution is -0.138. The number of fused-ring (bicyclic) bond motifs is 1. The summed E-state index contributed by atoms with van der Waals surface area (Å²) < 4.78 is 47.3. The SMILES string of the molecule is COc1ccc2nc(Nc3cccc(NC(=O)c4ccc(CN5CCCN(C)CC5)c(C(F)(F)F)c4)c3)ccc2c1. The predicted molar refractivity (Wildman–Crippen MR) is 155 cm³/mol. The average Bonchev–Trinajstić information content (AvgIpc) is 3.16. The summed E-state index contributed by atoms with van der Waals surface area (Å²) in [7, 11) is 3.62. The Labute approximate surface area is 236 Å². The van der Waals surface area contributed by atoms with Crippen molar-refractivity contribution in [3.8, 4) is 5.75 Å². The van der Waals surface area contributed by atoms with E-state index in [-0.39, 0.29) is 17.7 Å². The molecule has 2 heterocycles. The molecule has 1 aliphatic rings. The van der Waals surface area contributed by atoms with Gasteiger partial charge in [0.05, 0.1) is 18.2 Å². The molecule has 0 aliphatic carbocycles. The smallest absolute Gasteiger partial charge is 0.416 e. The van der Waals surface area contributed by atoms with E-state index < -0.39 is 17.6 Å². The largest absolute Gasteiger partial charge is 0.497 e. The molecule has 0 atom stereocenters. The minimum absolute atomic E-state index is 0.0540. The van der Waals surface area contributed by atoms with Crippen molar-refractivity contribution in [2.75, 3.05) is 51.0 Å². The lowest BCUT2D eigenvalue weighted by atomic mass is 10.0. The van der Waals surface area contributed by atoms with E-state index in [9.17, 15) is 18.0 Å². The van der Waals surface area contributed by atoms with Gasteiger partial charge in [0, 0.05) is 42.0 Å². The number of carbonyl (C=O) groups excluding carboxylic acids is 1. The highest BCUT2D eigenvalue weighted by molar-refractivity contribution is 6.04. The second-order valence-electron chi connectivity index (χ2n) is 10.2. The zero-order chi connectivity index (χ0) is 29.0. The predicted octanol–water partition coefficient (Wildman–Crippen LogP) is 6.40. The van der Waals surface area contributed by atoms with Crippen LogP contribution in [0.2, 0.25) is 0 Å². The molecule has 0 radical (unpaired) electrons. The van der Waals surface area contributed by atoms with E-state index in [1.165, 1.54) is 12.1 Å². The van der Waals surface area contributed by atoms with Gasteiger partial charge in [0.1, 0.15) is 11.6 Å². The van der Waals surface area contributed by atoms with Crippen LogP contribution in [0.5, 0.6) is 5.75 Å². The van der Waals surface area contributed by atoms with Gasteiger partial charge in [-0.15, -0.1) is 0 Å². The van der Waals surface area contributed by atoms with Crippen LogP contribution in [0.15, 0.2) is 72.8 Å². The number of methoxy groups -OCH3 is 1. The van der Waals surface area contributed by atoms with Gasteiger partial charge >= 0.3 is 6.18 Å². The molecule has 0 saturated carbocycles. The van der Waals surface area contributed by atoms with Crippen LogP contribution in [0.3, 0.4) is 0 Å². The zero-order valence-electron chi connectivity index (χ0n) is 23.0. The summed E-state index contributed by atoms with van der Waals surface area (Å²) in [6, 6.07) is 20.1. The van der Waals surface area contributed by atoms with Crippen molar-refractivity contribution in [1.82, 2.24) is 14.8 Å². The molecule has 3 aromatic carbocycles. The number of nitrogens with zero attached hydrogens (tertiary/aromatic N) is 3. The third-order valence-corrected chi connectivity index (χ3v) is 7.17. The van der Waals surface area contributed by atoms with Crippen molar-refractivity contribution >= 4 is 34.0 Å². The molecule has 10 heteroatoms. The molecule has 1 fully saturated rings. The highest BCUT2D eigenvalue weighted by Gasteiger charge is 2.34. The molecule has 41 heavy (non-hydrogen) atoms. The number of halogens is 3. The van der Waals surface area contributed by atoms with Crippen molar-refractivity contribution in [3.63, 3.8) is 0 Å². The number of hydrogen-bond acceptors (Lipinski definition) is 6. The number of anilines is 3. The van der Waals surface area contributed by atoms with E-state index in [0.29, 0.717) is 23.7 Å². The highest BCUT2D eigenvalue weighted by atomic mass is 19.4. The number of likely N-dealkylation sites (N-methyl/N-ethyl adjacent to an activating group) is 1. The number of pyridine rings is 1. The fraction of sp³-hybridized carbons (Fsp3) is 0.290. The molecule has 0 spiro atoms. The van der Waals surface area contributed by atoms with Gasteiger partial charge in [0.15, 0.2) is 0 Å². The number of benzene rings is 3. The molecule has 214 valence electrons. The van der Waals surface area contributed by atoms with Crippen molar-refractivity contribution in [2.24, 2.45) is 0 Å². The number of hydrogen-bond donors (Lipinski definition) is 2. The lowest BCUT2D eigenvalue weighted by Crippen LogP contribution is -2.29. The Morgan fingerprint density at radius 3 is 2.59 bits per heavy atom. The van der Waals surface area contributed by atoms with Crippen molar-refractivity contribution in [1.29, 1.82) is 0 Å². The maximum absolute atomic E-state index is 14.0. The van der Waals surface area contributed by atoms with E-state index in [2.05, 4.69) is 20.5 Å². The van der Waals surface area contributed by atoms with Gasteiger partial charge in [-0.1, -0.05) is 12.1 Å². The van der Waals surface area contributed by atoms with Gasteiger partial charge in [0.2, 0.25) is 0 Å². The molecule has 7 nitrogen and oxygen atoms in total. The molecule has 4 aromatic rings. The molecule has 1 aromatic heterocycles. The van der Waals surface area contributed by atoms with E-state index in [4.69, 9.17) is 4.74 Å². The summed E-state index contributed by atoms with van der Waals surface area (Å²) in [5.41, 5.74) is 1.23. The minimum Gasteiger partial charge on any atom is -0.497 e. The van der Waals surface area contributed by atoms with Crippen LogP contribution in [0.4, 0.5) is 30.4 Å². The first-order valence-corrected chi connectivity index (χ1v) is 13.4. The number of nitrogens with one attached hydrogen (secondary N) is 2. The summed E-state index contributed by atoms with van der Waals surface area (Å²) in [6.07, 6.45) is -3.67. The van der Waals surface area contributed by atoms with Crippen LogP contribution in [0.1, 0.15) is 27.9 Å². The number of rotatable bonds is 7. The Bertz CT molecular complexity index is 1540. The van der Waals surface area contributed by atoms with E-state index in [1.54, 1.807) is 25.3 Å². The van der Waals surface area contributed by atoms with E-state index in [0.717, 1.165) is 48.8 Å². The summed E-state index contributed by atoms with van der Waals surface area (Å²) in [5, 5.41) is 6.86. The fourth-order valence-electron chi connectivity index (χ4n) is 4.94. The average molecular weight is 564 g/mol. The van der Waals surface area contributed by atoms with Gasteiger partial charge in [-0.05, 0) is 92.8 Å². The molecule has 1 aliphatic heterocycles. The molecule has 1 amide bonds. The van der Waals surface area contributed by atoms with Gasteiger partial charge in [0.25, 0.3) is 5.91 Å². The van der Waals surface area contributed by atoms with Gasteiger partial charge in [-0.3, -0.25) is 9.69 Å². The van der Waals surface area contributed by atoms with Crippen molar-refractivity contribution < 1.29 is 22.7 Å². The summed E-state index contributed by atoms with van der Waals surface area (Å²) in [4.78, 5) is 21.8. The Balaban J connectivity index is 1.30. The molecular weight excluding hydrogens is 531 g/mol. The van der Waals surface area contributed by atoms with E-state index >= 15 is 0 Å². The normalized spacial score (nSPS) is 15.0. The van der Waals surface area contributed by atoms with Gasteiger partial charge in [-0.2, -0.15) is 13.2 Å². The molecule has 5 rings (SSSR count). The number of amides is 1. The van der Waals surface area contributed by atoms with Crippen LogP contribution >= 0.6 is 0 Å². The molecule has 1 saturated heterocycles. The number of alkyl halides is 3. The Kier molecular flexibility index (Phi) is 8.41. The fourth-order valence-corrected chi connectivity index (χ4v) is 4.94. The van der Waals surface area contributed by atoms with E-state index in [1.807, 2.05) is 48.3 Å². The molecule has 0 unspecified atom stereocenters. The third kappa shape index (κ3) is 7.14.